The number of hydrogen-bond acceptors (Lipinski definition) is 3. The molecule has 0 saturated carbocycles. The highest BCUT2D eigenvalue weighted by atomic mass is 35.5. The first kappa shape index (κ1) is 19.5. The summed E-state index contributed by atoms with van der Waals surface area (Å²) in [5, 5.41) is 11.0. The maximum Gasteiger partial charge on any atom is 0.257 e. The Hall–Kier alpha value is -2.82. The molecule has 0 bridgehead atoms. The lowest BCUT2D eigenvalue weighted by molar-refractivity contribution is -0.0229. The van der Waals surface area contributed by atoms with Crippen molar-refractivity contribution in [3.8, 4) is 5.75 Å². The predicted molar refractivity (Wildman–Crippen MR) is 113 cm³/mol. The molecule has 3 aromatic carbocycles. The average molecular weight is 408 g/mol. The fourth-order valence-electron chi connectivity index (χ4n) is 3.58. The first-order valence-corrected chi connectivity index (χ1v) is 10.00. The molecule has 1 N–H and O–H groups in total. The monoisotopic (exact) mass is 407 g/mol. The molecule has 4 nitrogen and oxygen atoms in total. The van der Waals surface area contributed by atoms with Gasteiger partial charge in [0.15, 0.2) is 0 Å². The number of amides is 1. The number of carbonyl (C=O) groups excluding carboxylic acids is 1. The molecule has 4 rings (SSSR count). The number of aromatic hydroxyl groups is 1. The van der Waals surface area contributed by atoms with E-state index < -0.39 is 0 Å². The fourth-order valence-corrected chi connectivity index (χ4v) is 3.71. The molecule has 1 saturated heterocycles. The molecule has 1 aliphatic rings. The van der Waals surface area contributed by atoms with Crippen LogP contribution in [0.2, 0.25) is 5.02 Å². The van der Waals surface area contributed by atoms with Gasteiger partial charge in [0.2, 0.25) is 0 Å². The summed E-state index contributed by atoms with van der Waals surface area (Å²) in [5.74, 6) is -0.180. The van der Waals surface area contributed by atoms with Crippen LogP contribution in [0.5, 0.6) is 5.75 Å². The lowest BCUT2D eigenvalue weighted by Gasteiger charge is -2.33. The van der Waals surface area contributed by atoms with Crippen LogP contribution in [0.25, 0.3) is 0 Å². The van der Waals surface area contributed by atoms with Gasteiger partial charge in [0.05, 0.1) is 18.7 Å². The first-order valence-electron chi connectivity index (χ1n) is 9.62. The van der Waals surface area contributed by atoms with Crippen molar-refractivity contribution >= 4 is 17.5 Å². The molecule has 3 aromatic rings. The van der Waals surface area contributed by atoms with Crippen LogP contribution in [-0.2, 0) is 11.2 Å². The van der Waals surface area contributed by atoms with Crippen LogP contribution in [0.4, 0.5) is 0 Å². The molecule has 5 heteroatoms. The topological polar surface area (TPSA) is 49.8 Å². The summed E-state index contributed by atoms with van der Waals surface area (Å²) in [4.78, 5) is 14.9. The lowest BCUT2D eigenvalue weighted by atomic mass is 10.0. The van der Waals surface area contributed by atoms with E-state index >= 15 is 0 Å². The molecular formula is C24H22ClNO3. The summed E-state index contributed by atoms with van der Waals surface area (Å²) in [6, 6.07) is 22.8. The summed E-state index contributed by atoms with van der Waals surface area (Å²) in [5.41, 5.74) is 3.45. The zero-order valence-corrected chi connectivity index (χ0v) is 16.7. The van der Waals surface area contributed by atoms with Crippen LogP contribution in [0.1, 0.15) is 33.2 Å². The lowest BCUT2D eigenvalue weighted by Crippen LogP contribution is -2.42. The van der Waals surface area contributed by atoms with E-state index in [2.05, 4.69) is 0 Å². The van der Waals surface area contributed by atoms with Gasteiger partial charge < -0.3 is 14.7 Å². The minimum Gasteiger partial charge on any atom is -0.507 e. The maximum absolute atomic E-state index is 13.1. The molecule has 148 valence electrons. The Balaban J connectivity index is 1.52. The summed E-state index contributed by atoms with van der Waals surface area (Å²) < 4.78 is 5.85. The Morgan fingerprint density at radius 1 is 1.03 bits per heavy atom. The highest BCUT2D eigenvalue weighted by Gasteiger charge is 2.27. The number of phenols is 1. The molecule has 1 heterocycles. The Morgan fingerprint density at radius 2 is 1.79 bits per heavy atom. The Morgan fingerprint density at radius 3 is 2.55 bits per heavy atom. The van der Waals surface area contributed by atoms with Crippen molar-refractivity contribution in [2.75, 3.05) is 19.7 Å². The summed E-state index contributed by atoms with van der Waals surface area (Å²) >= 11 is 5.97. The second kappa shape index (κ2) is 8.68. The maximum atomic E-state index is 13.1. The number of morpholine rings is 1. The van der Waals surface area contributed by atoms with E-state index in [-0.39, 0.29) is 17.8 Å². The molecule has 29 heavy (non-hydrogen) atoms. The number of phenolic OH excluding ortho intramolecular Hbond substituents is 1. The van der Waals surface area contributed by atoms with Crippen LogP contribution in [0, 0.1) is 0 Å². The summed E-state index contributed by atoms with van der Waals surface area (Å²) in [7, 11) is 0. The largest absolute Gasteiger partial charge is 0.507 e. The van der Waals surface area contributed by atoms with Gasteiger partial charge in [0.1, 0.15) is 11.9 Å². The first-order chi connectivity index (χ1) is 14.1. The molecule has 0 aliphatic carbocycles. The molecule has 0 spiro atoms. The normalized spacial score (nSPS) is 16.6. The number of nitrogens with zero attached hydrogens (tertiary/aromatic N) is 1. The van der Waals surface area contributed by atoms with Crippen molar-refractivity contribution in [2.45, 2.75) is 12.5 Å². The van der Waals surface area contributed by atoms with E-state index in [0.29, 0.717) is 36.7 Å². The highest BCUT2D eigenvalue weighted by Crippen LogP contribution is 2.27. The van der Waals surface area contributed by atoms with E-state index in [0.717, 1.165) is 16.7 Å². The van der Waals surface area contributed by atoms with E-state index in [1.54, 1.807) is 17.0 Å². The standard InChI is InChI=1S/C24H22ClNO3/c25-20-9-7-19(8-10-20)23-16-26(12-13-29-23)24(28)21-15-18(6-11-22(21)27)14-17-4-2-1-3-5-17/h1-11,15,23,27H,12-14,16H2. The van der Waals surface area contributed by atoms with E-state index in [4.69, 9.17) is 16.3 Å². The Labute approximate surface area is 175 Å². The van der Waals surface area contributed by atoms with Crippen LogP contribution in [0.15, 0.2) is 72.8 Å². The van der Waals surface area contributed by atoms with Gasteiger partial charge in [-0.2, -0.15) is 0 Å². The van der Waals surface area contributed by atoms with E-state index in [1.807, 2.05) is 60.7 Å². The third kappa shape index (κ3) is 4.61. The molecule has 1 atom stereocenters. The van der Waals surface area contributed by atoms with Crippen LogP contribution >= 0.6 is 11.6 Å². The second-order valence-corrected chi connectivity index (χ2v) is 7.61. The minimum absolute atomic E-state index is 0.00125. The summed E-state index contributed by atoms with van der Waals surface area (Å²) in [6.07, 6.45) is 0.498. The number of halogens is 1. The molecule has 1 aliphatic heterocycles. The van der Waals surface area contributed by atoms with Crippen molar-refractivity contribution in [1.29, 1.82) is 0 Å². The third-order valence-corrected chi connectivity index (χ3v) is 5.39. The van der Waals surface area contributed by atoms with Gasteiger partial charge in [-0.15, -0.1) is 0 Å². The van der Waals surface area contributed by atoms with Gasteiger partial charge >= 0.3 is 0 Å². The molecule has 0 aromatic heterocycles. The van der Waals surface area contributed by atoms with Crippen molar-refractivity contribution < 1.29 is 14.6 Å². The van der Waals surface area contributed by atoms with Gasteiger partial charge in [-0.1, -0.05) is 60.1 Å². The molecular weight excluding hydrogens is 386 g/mol. The Kier molecular flexibility index (Phi) is 5.84. The van der Waals surface area contributed by atoms with Crippen molar-refractivity contribution in [3.05, 3.63) is 100 Å². The highest BCUT2D eigenvalue weighted by molar-refractivity contribution is 6.30. The smallest absolute Gasteiger partial charge is 0.257 e. The van der Waals surface area contributed by atoms with Crippen LogP contribution in [-0.4, -0.2) is 35.6 Å². The summed E-state index contributed by atoms with van der Waals surface area (Å²) in [6.45, 7) is 1.37. The number of carbonyl (C=O) groups is 1. The van der Waals surface area contributed by atoms with E-state index in [9.17, 15) is 9.90 Å². The molecule has 0 radical (unpaired) electrons. The average Bonchev–Trinajstić information content (AvgIpc) is 2.76. The van der Waals surface area contributed by atoms with Gasteiger partial charge in [-0.25, -0.2) is 0 Å². The number of hydrogen-bond donors (Lipinski definition) is 1. The van der Waals surface area contributed by atoms with E-state index in [1.165, 1.54) is 0 Å². The fraction of sp³-hybridized carbons (Fsp3) is 0.208. The zero-order chi connectivity index (χ0) is 20.2. The van der Waals surface area contributed by atoms with Crippen LogP contribution < -0.4 is 0 Å². The van der Waals surface area contributed by atoms with Gasteiger partial charge in [0, 0.05) is 11.6 Å². The van der Waals surface area contributed by atoms with Gasteiger partial charge in [-0.05, 0) is 47.4 Å². The molecule has 1 amide bonds. The molecule has 1 fully saturated rings. The number of ether oxygens (including phenoxy) is 1. The quantitative estimate of drug-likeness (QED) is 0.672. The van der Waals surface area contributed by atoms with Crippen LogP contribution in [0.3, 0.4) is 0 Å². The number of benzene rings is 3. The predicted octanol–water partition coefficient (Wildman–Crippen LogP) is 4.85. The SMILES string of the molecule is O=C(c1cc(Cc2ccccc2)ccc1O)N1CCOC(c2ccc(Cl)cc2)C1. The third-order valence-electron chi connectivity index (χ3n) is 5.14. The minimum atomic E-state index is -0.209. The number of rotatable bonds is 4. The molecule has 1 unspecified atom stereocenters. The zero-order valence-electron chi connectivity index (χ0n) is 15.9. The second-order valence-electron chi connectivity index (χ2n) is 7.18. The van der Waals surface area contributed by atoms with Gasteiger partial charge in [-0.3, -0.25) is 4.79 Å². The van der Waals surface area contributed by atoms with Crippen molar-refractivity contribution in [1.82, 2.24) is 4.90 Å². The Bertz CT molecular complexity index is 989. The van der Waals surface area contributed by atoms with Crippen molar-refractivity contribution in [3.63, 3.8) is 0 Å². The van der Waals surface area contributed by atoms with Gasteiger partial charge in [0.25, 0.3) is 5.91 Å². The van der Waals surface area contributed by atoms with Crippen molar-refractivity contribution in [2.24, 2.45) is 0 Å².